The highest BCUT2D eigenvalue weighted by atomic mass is 32.1. The van der Waals surface area contributed by atoms with Gasteiger partial charge >= 0.3 is 0 Å². The molecule has 2 aromatic rings. The Bertz CT molecular complexity index is 562. The van der Waals surface area contributed by atoms with E-state index in [1.807, 2.05) is 18.2 Å². The average molecular weight is 278 g/mol. The summed E-state index contributed by atoms with van der Waals surface area (Å²) in [6, 6.07) is 6.28. The molecule has 0 saturated heterocycles. The van der Waals surface area contributed by atoms with Crippen LogP contribution in [0.25, 0.3) is 10.2 Å². The maximum Gasteiger partial charge on any atom is 0.274 e. The van der Waals surface area contributed by atoms with E-state index in [9.17, 15) is 0 Å². The molecule has 0 radical (unpaired) electrons. The van der Waals surface area contributed by atoms with E-state index in [0.29, 0.717) is 6.04 Å². The highest BCUT2D eigenvalue weighted by Gasteiger charge is 2.21. The van der Waals surface area contributed by atoms with Gasteiger partial charge in [0.05, 0.1) is 11.8 Å². The van der Waals surface area contributed by atoms with Gasteiger partial charge in [0.2, 0.25) is 0 Å². The van der Waals surface area contributed by atoms with Gasteiger partial charge in [0, 0.05) is 6.04 Å². The maximum atomic E-state index is 5.98. The van der Waals surface area contributed by atoms with E-state index in [-0.39, 0.29) is 6.10 Å². The van der Waals surface area contributed by atoms with Crippen LogP contribution in [0.2, 0.25) is 0 Å². The topological polar surface area (TPSA) is 57.4 Å². The van der Waals surface area contributed by atoms with Crippen molar-refractivity contribution in [3.63, 3.8) is 0 Å². The van der Waals surface area contributed by atoms with E-state index < -0.39 is 0 Å². The van der Waals surface area contributed by atoms with Crippen LogP contribution >= 0.6 is 11.3 Å². The summed E-state index contributed by atoms with van der Waals surface area (Å²) in [5.41, 5.74) is 6.79. The van der Waals surface area contributed by atoms with Gasteiger partial charge in [-0.2, -0.15) is 4.98 Å². The Morgan fingerprint density at radius 3 is 2.79 bits per heavy atom. The lowest BCUT2D eigenvalue weighted by atomic mass is 9.94. The summed E-state index contributed by atoms with van der Waals surface area (Å²) in [4.78, 5) is 4.54. The Hall–Kier alpha value is -1.33. The lowest BCUT2D eigenvalue weighted by Crippen LogP contribution is -2.31. The minimum atomic E-state index is 0.256. The molecule has 1 aromatic heterocycles. The quantitative estimate of drug-likeness (QED) is 0.937. The minimum Gasteiger partial charge on any atom is -0.494 e. The Morgan fingerprint density at radius 1 is 1.26 bits per heavy atom. The van der Waals surface area contributed by atoms with Gasteiger partial charge in [-0.05, 0) is 37.8 Å². The number of fused-ring (bicyclic) bond motifs is 1. The van der Waals surface area contributed by atoms with E-state index in [0.717, 1.165) is 46.8 Å². The molecule has 102 valence electrons. The number of methoxy groups -OCH3 is 1. The van der Waals surface area contributed by atoms with E-state index in [1.165, 1.54) is 0 Å². The molecule has 1 aliphatic rings. The van der Waals surface area contributed by atoms with Crippen LogP contribution in [0.4, 0.5) is 0 Å². The predicted molar refractivity (Wildman–Crippen MR) is 77.0 cm³/mol. The predicted octanol–water partition coefficient (Wildman–Crippen LogP) is 2.95. The van der Waals surface area contributed by atoms with Gasteiger partial charge in [-0.3, -0.25) is 0 Å². The molecule has 4 nitrogen and oxygen atoms in total. The fourth-order valence-corrected chi connectivity index (χ4v) is 3.37. The smallest absolute Gasteiger partial charge is 0.274 e. The van der Waals surface area contributed by atoms with Gasteiger partial charge < -0.3 is 15.2 Å². The number of hydrogen-bond donors (Lipinski definition) is 1. The van der Waals surface area contributed by atoms with Crippen LogP contribution in [0.3, 0.4) is 0 Å². The van der Waals surface area contributed by atoms with E-state index >= 15 is 0 Å². The maximum absolute atomic E-state index is 5.98. The van der Waals surface area contributed by atoms with Gasteiger partial charge in [0.15, 0.2) is 0 Å². The monoisotopic (exact) mass is 278 g/mol. The first-order valence-electron chi connectivity index (χ1n) is 6.62. The zero-order valence-corrected chi connectivity index (χ0v) is 11.8. The molecule has 0 unspecified atom stereocenters. The Kier molecular flexibility index (Phi) is 3.57. The van der Waals surface area contributed by atoms with Crippen molar-refractivity contribution in [2.24, 2.45) is 5.73 Å². The summed E-state index contributed by atoms with van der Waals surface area (Å²) in [5.74, 6) is 0.800. The molecular formula is C14H18N2O2S. The Labute approximate surface area is 116 Å². The van der Waals surface area contributed by atoms with Crippen molar-refractivity contribution in [1.29, 1.82) is 0 Å². The van der Waals surface area contributed by atoms with Crippen LogP contribution in [-0.2, 0) is 0 Å². The van der Waals surface area contributed by atoms with E-state index in [2.05, 4.69) is 4.98 Å². The van der Waals surface area contributed by atoms with Crippen molar-refractivity contribution in [3.8, 4) is 10.9 Å². The SMILES string of the molecule is COc1cccc2sc(OC3CCC(N)CC3)nc12. The number of rotatable bonds is 3. The third kappa shape index (κ3) is 2.67. The highest BCUT2D eigenvalue weighted by Crippen LogP contribution is 2.34. The van der Waals surface area contributed by atoms with Crippen molar-refractivity contribution in [1.82, 2.24) is 4.98 Å². The number of nitrogens with zero attached hydrogens (tertiary/aromatic N) is 1. The Balaban J connectivity index is 1.78. The molecule has 0 bridgehead atoms. The summed E-state index contributed by atoms with van der Waals surface area (Å²) in [5, 5.41) is 0.736. The molecule has 0 amide bonds. The zero-order valence-electron chi connectivity index (χ0n) is 11.0. The zero-order chi connectivity index (χ0) is 13.2. The average Bonchev–Trinajstić information content (AvgIpc) is 2.83. The molecule has 1 heterocycles. The molecule has 1 fully saturated rings. The molecule has 0 spiro atoms. The molecule has 1 aliphatic carbocycles. The number of aromatic nitrogens is 1. The van der Waals surface area contributed by atoms with Crippen molar-refractivity contribution < 1.29 is 9.47 Å². The number of nitrogens with two attached hydrogens (primary N) is 1. The summed E-state index contributed by atoms with van der Waals surface area (Å²) < 4.78 is 12.4. The fourth-order valence-electron chi connectivity index (χ4n) is 2.47. The molecule has 0 atom stereocenters. The van der Waals surface area contributed by atoms with Crippen LogP contribution in [-0.4, -0.2) is 24.2 Å². The molecule has 5 heteroatoms. The fraction of sp³-hybridized carbons (Fsp3) is 0.500. The van der Waals surface area contributed by atoms with Crippen LogP contribution < -0.4 is 15.2 Å². The van der Waals surface area contributed by atoms with Gasteiger partial charge in [-0.1, -0.05) is 17.4 Å². The second kappa shape index (κ2) is 5.35. The van der Waals surface area contributed by atoms with Crippen molar-refractivity contribution in [2.45, 2.75) is 37.8 Å². The summed E-state index contributed by atoms with van der Waals surface area (Å²) in [6.07, 6.45) is 4.38. The second-order valence-corrected chi connectivity index (χ2v) is 5.93. The van der Waals surface area contributed by atoms with Crippen LogP contribution in [0, 0.1) is 0 Å². The highest BCUT2D eigenvalue weighted by molar-refractivity contribution is 7.20. The minimum absolute atomic E-state index is 0.256. The lowest BCUT2D eigenvalue weighted by molar-refractivity contribution is 0.147. The van der Waals surface area contributed by atoms with E-state index in [4.69, 9.17) is 15.2 Å². The van der Waals surface area contributed by atoms with Crippen LogP contribution in [0.15, 0.2) is 18.2 Å². The molecule has 1 aromatic carbocycles. The number of para-hydroxylation sites is 1. The molecular weight excluding hydrogens is 260 g/mol. The van der Waals surface area contributed by atoms with Gasteiger partial charge in [0.1, 0.15) is 17.4 Å². The molecule has 2 N–H and O–H groups in total. The summed E-state index contributed by atoms with van der Waals surface area (Å²) in [6.45, 7) is 0. The third-order valence-corrected chi connectivity index (χ3v) is 4.48. The first-order chi connectivity index (χ1) is 9.26. The van der Waals surface area contributed by atoms with Gasteiger partial charge in [0.25, 0.3) is 5.19 Å². The molecule has 19 heavy (non-hydrogen) atoms. The van der Waals surface area contributed by atoms with Crippen molar-refractivity contribution in [2.75, 3.05) is 7.11 Å². The van der Waals surface area contributed by atoms with Crippen LogP contribution in [0.1, 0.15) is 25.7 Å². The number of benzene rings is 1. The first kappa shape index (κ1) is 12.7. The largest absolute Gasteiger partial charge is 0.494 e. The number of thiazole rings is 1. The van der Waals surface area contributed by atoms with Gasteiger partial charge in [-0.25, -0.2) is 0 Å². The second-order valence-electron chi connectivity index (χ2n) is 4.94. The molecule has 0 aliphatic heterocycles. The normalized spacial score (nSPS) is 23.5. The summed E-state index contributed by atoms with van der Waals surface area (Å²) >= 11 is 1.58. The van der Waals surface area contributed by atoms with Crippen molar-refractivity contribution >= 4 is 21.6 Å². The Morgan fingerprint density at radius 2 is 2.05 bits per heavy atom. The number of ether oxygens (including phenoxy) is 2. The number of hydrogen-bond acceptors (Lipinski definition) is 5. The third-order valence-electron chi connectivity index (χ3n) is 3.57. The summed E-state index contributed by atoms with van der Waals surface area (Å²) in [7, 11) is 1.66. The standard InChI is InChI=1S/C14H18N2O2S/c1-17-11-3-2-4-12-13(11)16-14(19-12)18-10-7-5-9(15)6-8-10/h2-4,9-10H,5-8,15H2,1H3. The van der Waals surface area contributed by atoms with Crippen molar-refractivity contribution in [3.05, 3.63) is 18.2 Å². The van der Waals surface area contributed by atoms with E-state index in [1.54, 1.807) is 18.4 Å². The molecule has 1 saturated carbocycles. The van der Waals surface area contributed by atoms with Gasteiger partial charge in [-0.15, -0.1) is 0 Å². The first-order valence-corrected chi connectivity index (χ1v) is 7.43. The molecule has 3 rings (SSSR count). The van der Waals surface area contributed by atoms with Crippen LogP contribution in [0.5, 0.6) is 10.9 Å². The lowest BCUT2D eigenvalue weighted by Gasteiger charge is -2.25.